The molecule has 1 aliphatic heterocycles. The molecule has 4 heteroatoms. The highest BCUT2D eigenvalue weighted by atomic mass is 16.1. The minimum Gasteiger partial charge on any atom is -0.356 e. The molecule has 0 radical (unpaired) electrons. The molecule has 0 aliphatic carbocycles. The molecule has 100 valence electrons. The summed E-state index contributed by atoms with van der Waals surface area (Å²) in [5.41, 5.74) is 6.17. The minimum atomic E-state index is 0.117. The van der Waals surface area contributed by atoms with E-state index in [1.54, 1.807) is 0 Å². The highest BCUT2D eigenvalue weighted by Gasteiger charge is 2.30. The number of rotatable bonds is 5. The molecule has 0 saturated carbocycles. The van der Waals surface area contributed by atoms with Gasteiger partial charge in [0.25, 0.3) is 0 Å². The fourth-order valence-corrected chi connectivity index (χ4v) is 2.63. The van der Waals surface area contributed by atoms with Crippen LogP contribution in [-0.4, -0.2) is 43.0 Å². The van der Waals surface area contributed by atoms with E-state index in [0.29, 0.717) is 24.9 Å². The summed E-state index contributed by atoms with van der Waals surface area (Å²) in [7, 11) is 0. The fraction of sp³-hybridized carbons (Fsp3) is 0.923. The van der Waals surface area contributed by atoms with Crippen LogP contribution in [0.1, 0.15) is 40.0 Å². The van der Waals surface area contributed by atoms with Gasteiger partial charge in [0.2, 0.25) is 5.91 Å². The number of amides is 1. The Bertz CT molecular complexity index is 253. The zero-order chi connectivity index (χ0) is 12.9. The van der Waals surface area contributed by atoms with Crippen molar-refractivity contribution in [1.29, 1.82) is 0 Å². The van der Waals surface area contributed by atoms with Gasteiger partial charge in [0.1, 0.15) is 0 Å². The number of nitrogens with one attached hydrogen (secondary N) is 1. The van der Waals surface area contributed by atoms with Crippen molar-refractivity contribution in [3.63, 3.8) is 0 Å². The molecule has 1 amide bonds. The smallest absolute Gasteiger partial charge is 0.221 e. The largest absolute Gasteiger partial charge is 0.356 e. The van der Waals surface area contributed by atoms with Gasteiger partial charge in [-0.15, -0.1) is 0 Å². The van der Waals surface area contributed by atoms with Gasteiger partial charge in [0.15, 0.2) is 0 Å². The number of carbonyl (C=O) groups excluding carboxylic acids is 1. The lowest BCUT2D eigenvalue weighted by molar-refractivity contribution is -0.122. The summed E-state index contributed by atoms with van der Waals surface area (Å²) in [6, 6.07) is 0.195. The third-order valence-corrected chi connectivity index (χ3v) is 3.51. The van der Waals surface area contributed by atoms with Crippen LogP contribution in [0.5, 0.6) is 0 Å². The Hall–Kier alpha value is -0.610. The molecule has 3 N–H and O–H groups in total. The number of likely N-dealkylation sites (tertiary alicyclic amines) is 1. The van der Waals surface area contributed by atoms with Crippen molar-refractivity contribution in [3.05, 3.63) is 0 Å². The van der Waals surface area contributed by atoms with Crippen molar-refractivity contribution >= 4 is 5.91 Å². The number of nitrogens with two attached hydrogens (primary N) is 1. The number of hydrogen-bond donors (Lipinski definition) is 2. The van der Waals surface area contributed by atoms with E-state index in [1.807, 2.05) is 6.92 Å². The monoisotopic (exact) mass is 241 g/mol. The Morgan fingerprint density at radius 2 is 2.24 bits per heavy atom. The van der Waals surface area contributed by atoms with Gasteiger partial charge in [0, 0.05) is 32.1 Å². The molecule has 0 aromatic heterocycles. The molecule has 1 fully saturated rings. The average Bonchev–Trinajstić information content (AvgIpc) is 2.25. The minimum absolute atomic E-state index is 0.117. The normalized spacial score (nSPS) is 22.1. The Kier molecular flexibility index (Phi) is 5.40. The standard InChI is InChI=1S/C13H27N3O/c1-4-15-12(17)8-11(9-14)16-7-5-6-13(2,3)10-16/h11H,4-10,14H2,1-3H3,(H,15,17). The average molecular weight is 241 g/mol. The van der Waals surface area contributed by atoms with Crippen molar-refractivity contribution in [2.75, 3.05) is 26.2 Å². The van der Waals surface area contributed by atoms with Gasteiger partial charge in [-0.25, -0.2) is 0 Å². The van der Waals surface area contributed by atoms with Crippen molar-refractivity contribution < 1.29 is 4.79 Å². The summed E-state index contributed by atoms with van der Waals surface area (Å²) in [6.07, 6.45) is 3.00. The maximum Gasteiger partial charge on any atom is 0.221 e. The van der Waals surface area contributed by atoms with Crippen LogP contribution in [0.25, 0.3) is 0 Å². The van der Waals surface area contributed by atoms with E-state index in [2.05, 4.69) is 24.1 Å². The Morgan fingerprint density at radius 1 is 1.53 bits per heavy atom. The number of hydrogen-bond acceptors (Lipinski definition) is 3. The SMILES string of the molecule is CCNC(=O)CC(CN)N1CCCC(C)(C)C1. The zero-order valence-corrected chi connectivity index (χ0v) is 11.5. The van der Waals surface area contributed by atoms with Crippen LogP contribution < -0.4 is 11.1 Å². The van der Waals surface area contributed by atoms with Gasteiger partial charge in [-0.1, -0.05) is 13.8 Å². The van der Waals surface area contributed by atoms with Crippen LogP contribution in [-0.2, 0) is 4.79 Å². The summed E-state index contributed by atoms with van der Waals surface area (Å²) in [6.45, 7) is 9.91. The summed E-state index contributed by atoms with van der Waals surface area (Å²) in [4.78, 5) is 14.0. The van der Waals surface area contributed by atoms with E-state index >= 15 is 0 Å². The quantitative estimate of drug-likeness (QED) is 0.754. The van der Waals surface area contributed by atoms with Gasteiger partial charge in [0.05, 0.1) is 0 Å². The second-order valence-electron chi connectivity index (χ2n) is 5.79. The van der Waals surface area contributed by atoms with E-state index < -0.39 is 0 Å². The summed E-state index contributed by atoms with van der Waals surface area (Å²) >= 11 is 0. The van der Waals surface area contributed by atoms with E-state index in [9.17, 15) is 4.79 Å². The molecule has 0 aromatic carbocycles. The molecular weight excluding hydrogens is 214 g/mol. The topological polar surface area (TPSA) is 58.4 Å². The Morgan fingerprint density at radius 3 is 2.76 bits per heavy atom. The van der Waals surface area contributed by atoms with Gasteiger partial charge < -0.3 is 11.1 Å². The molecule has 0 bridgehead atoms. The first kappa shape index (κ1) is 14.5. The van der Waals surface area contributed by atoms with Crippen molar-refractivity contribution in [1.82, 2.24) is 10.2 Å². The highest BCUT2D eigenvalue weighted by Crippen LogP contribution is 2.29. The predicted octanol–water partition coefficient (Wildman–Crippen LogP) is 0.962. The predicted molar refractivity (Wildman–Crippen MR) is 70.7 cm³/mol. The Labute approximate surface area is 105 Å². The third kappa shape index (κ3) is 4.64. The zero-order valence-electron chi connectivity index (χ0n) is 11.5. The van der Waals surface area contributed by atoms with Crippen LogP contribution in [0, 0.1) is 5.41 Å². The van der Waals surface area contributed by atoms with Crippen molar-refractivity contribution in [2.24, 2.45) is 11.1 Å². The first-order valence-electron chi connectivity index (χ1n) is 6.69. The van der Waals surface area contributed by atoms with E-state index in [-0.39, 0.29) is 11.9 Å². The van der Waals surface area contributed by atoms with Crippen LogP contribution in [0.15, 0.2) is 0 Å². The van der Waals surface area contributed by atoms with Crippen molar-refractivity contribution in [2.45, 2.75) is 46.1 Å². The molecule has 1 aliphatic rings. The number of piperidine rings is 1. The second kappa shape index (κ2) is 6.36. The number of carbonyl (C=O) groups is 1. The van der Waals surface area contributed by atoms with E-state index in [4.69, 9.17) is 5.73 Å². The van der Waals surface area contributed by atoms with Gasteiger partial charge in [-0.05, 0) is 31.7 Å². The number of nitrogens with zero attached hydrogens (tertiary/aromatic N) is 1. The maximum absolute atomic E-state index is 11.6. The lowest BCUT2D eigenvalue weighted by Gasteiger charge is -2.41. The van der Waals surface area contributed by atoms with Gasteiger partial charge >= 0.3 is 0 Å². The van der Waals surface area contributed by atoms with E-state index in [1.165, 1.54) is 12.8 Å². The molecule has 1 rings (SSSR count). The summed E-state index contributed by atoms with van der Waals surface area (Å²) < 4.78 is 0. The van der Waals surface area contributed by atoms with Crippen LogP contribution in [0.3, 0.4) is 0 Å². The lowest BCUT2D eigenvalue weighted by atomic mass is 9.83. The first-order valence-corrected chi connectivity index (χ1v) is 6.69. The first-order chi connectivity index (χ1) is 7.98. The molecule has 0 spiro atoms. The molecule has 1 heterocycles. The maximum atomic E-state index is 11.6. The third-order valence-electron chi connectivity index (χ3n) is 3.51. The highest BCUT2D eigenvalue weighted by molar-refractivity contribution is 5.76. The summed E-state index contributed by atoms with van der Waals surface area (Å²) in [5.74, 6) is 0.117. The second-order valence-corrected chi connectivity index (χ2v) is 5.79. The van der Waals surface area contributed by atoms with Gasteiger partial charge in [-0.2, -0.15) is 0 Å². The van der Waals surface area contributed by atoms with E-state index in [0.717, 1.165) is 13.1 Å². The van der Waals surface area contributed by atoms with Crippen LogP contribution >= 0.6 is 0 Å². The Balaban J connectivity index is 2.52. The molecule has 1 saturated heterocycles. The van der Waals surface area contributed by atoms with Gasteiger partial charge in [-0.3, -0.25) is 9.69 Å². The molecule has 4 nitrogen and oxygen atoms in total. The van der Waals surface area contributed by atoms with Crippen LogP contribution in [0.4, 0.5) is 0 Å². The lowest BCUT2D eigenvalue weighted by Crippen LogP contribution is -2.50. The van der Waals surface area contributed by atoms with Crippen molar-refractivity contribution in [3.8, 4) is 0 Å². The van der Waals surface area contributed by atoms with Crippen LogP contribution in [0.2, 0.25) is 0 Å². The molecule has 0 aromatic rings. The molecule has 1 atom stereocenters. The molecular formula is C13H27N3O. The molecule has 1 unspecified atom stereocenters. The summed E-state index contributed by atoms with van der Waals surface area (Å²) in [5, 5.41) is 2.85. The molecule has 17 heavy (non-hydrogen) atoms. The fourth-order valence-electron chi connectivity index (χ4n) is 2.63.